The molecule has 1 unspecified atom stereocenters. The van der Waals surface area contributed by atoms with Crippen molar-refractivity contribution in [1.82, 2.24) is 10.3 Å². The normalized spacial score (nSPS) is 14.9. The van der Waals surface area contributed by atoms with Gasteiger partial charge >= 0.3 is 6.03 Å². The van der Waals surface area contributed by atoms with Crippen LogP contribution in [0.4, 0.5) is 18.7 Å². The molecule has 2 amide bonds. The molecule has 0 saturated heterocycles. The Kier molecular flexibility index (Phi) is 4.56. The van der Waals surface area contributed by atoms with E-state index in [1.807, 2.05) is 0 Å². The SMILES string of the molecule is CC(NC(=O)Nc1nc2c(s1)CCCC2)c1ccc(F)cc1F. The van der Waals surface area contributed by atoms with E-state index < -0.39 is 23.7 Å². The fourth-order valence-corrected chi connectivity index (χ4v) is 3.71. The highest BCUT2D eigenvalue weighted by Gasteiger charge is 2.18. The van der Waals surface area contributed by atoms with Crippen molar-refractivity contribution in [1.29, 1.82) is 0 Å². The third-order valence-electron chi connectivity index (χ3n) is 3.84. The third-order valence-corrected chi connectivity index (χ3v) is 4.92. The molecular formula is C16H17F2N3OS. The Balaban J connectivity index is 1.63. The lowest BCUT2D eigenvalue weighted by atomic mass is 10.0. The topological polar surface area (TPSA) is 54.0 Å². The largest absolute Gasteiger partial charge is 0.331 e. The number of anilines is 1. The number of benzene rings is 1. The fraction of sp³-hybridized carbons (Fsp3) is 0.375. The van der Waals surface area contributed by atoms with Crippen molar-refractivity contribution in [3.05, 3.63) is 46.0 Å². The molecule has 7 heteroatoms. The second kappa shape index (κ2) is 6.62. The van der Waals surface area contributed by atoms with Crippen LogP contribution in [0.25, 0.3) is 0 Å². The molecule has 1 aliphatic carbocycles. The predicted molar refractivity (Wildman–Crippen MR) is 85.7 cm³/mol. The highest BCUT2D eigenvalue weighted by atomic mass is 32.1. The van der Waals surface area contributed by atoms with Crippen molar-refractivity contribution in [3.8, 4) is 0 Å². The molecule has 2 N–H and O–H groups in total. The number of hydrogen-bond donors (Lipinski definition) is 2. The summed E-state index contributed by atoms with van der Waals surface area (Å²) in [5.41, 5.74) is 1.30. The Labute approximate surface area is 136 Å². The van der Waals surface area contributed by atoms with Crippen LogP contribution in [0.1, 0.15) is 41.9 Å². The summed E-state index contributed by atoms with van der Waals surface area (Å²) in [4.78, 5) is 17.7. The summed E-state index contributed by atoms with van der Waals surface area (Å²) in [5.74, 6) is -1.32. The number of aromatic nitrogens is 1. The van der Waals surface area contributed by atoms with E-state index in [0.717, 1.165) is 37.4 Å². The van der Waals surface area contributed by atoms with Crippen LogP contribution >= 0.6 is 11.3 Å². The van der Waals surface area contributed by atoms with Crippen molar-refractivity contribution in [2.75, 3.05) is 5.32 Å². The number of carbonyl (C=O) groups is 1. The first-order chi connectivity index (χ1) is 11.0. The summed E-state index contributed by atoms with van der Waals surface area (Å²) in [6.07, 6.45) is 4.24. The summed E-state index contributed by atoms with van der Waals surface area (Å²) in [6.45, 7) is 1.64. The van der Waals surface area contributed by atoms with Crippen LogP contribution in [0.5, 0.6) is 0 Å². The van der Waals surface area contributed by atoms with Gasteiger partial charge in [-0.25, -0.2) is 18.6 Å². The quantitative estimate of drug-likeness (QED) is 0.883. The molecule has 1 atom stereocenters. The zero-order chi connectivity index (χ0) is 16.4. The minimum Gasteiger partial charge on any atom is -0.331 e. The van der Waals surface area contributed by atoms with Gasteiger partial charge in [-0.15, -0.1) is 11.3 Å². The Bertz CT molecular complexity index is 709. The highest BCUT2D eigenvalue weighted by Crippen LogP contribution is 2.29. The molecule has 2 aromatic rings. The molecular weight excluding hydrogens is 320 g/mol. The molecule has 0 bridgehead atoms. The highest BCUT2D eigenvalue weighted by molar-refractivity contribution is 7.15. The molecule has 3 rings (SSSR count). The van der Waals surface area contributed by atoms with Gasteiger partial charge in [0.25, 0.3) is 0 Å². The van der Waals surface area contributed by atoms with Gasteiger partial charge in [-0.1, -0.05) is 6.07 Å². The van der Waals surface area contributed by atoms with Crippen LogP contribution in [0.3, 0.4) is 0 Å². The summed E-state index contributed by atoms with van der Waals surface area (Å²) in [7, 11) is 0. The minimum absolute atomic E-state index is 0.236. The molecule has 1 heterocycles. The van der Waals surface area contributed by atoms with Gasteiger partial charge in [0.05, 0.1) is 11.7 Å². The van der Waals surface area contributed by atoms with Gasteiger partial charge in [0.15, 0.2) is 5.13 Å². The van der Waals surface area contributed by atoms with Crippen LogP contribution in [0.2, 0.25) is 0 Å². The first-order valence-electron chi connectivity index (χ1n) is 7.54. The van der Waals surface area contributed by atoms with Crippen LogP contribution in [0.15, 0.2) is 18.2 Å². The average molecular weight is 337 g/mol. The molecule has 0 spiro atoms. The van der Waals surface area contributed by atoms with Crippen LogP contribution in [0, 0.1) is 11.6 Å². The third kappa shape index (κ3) is 3.67. The van der Waals surface area contributed by atoms with Gasteiger partial charge in [0.1, 0.15) is 11.6 Å². The van der Waals surface area contributed by atoms with Crippen molar-refractivity contribution in [2.45, 2.75) is 38.6 Å². The molecule has 0 fully saturated rings. The number of halogens is 2. The smallest absolute Gasteiger partial charge is 0.321 e. The van der Waals surface area contributed by atoms with Crippen molar-refractivity contribution in [2.24, 2.45) is 0 Å². The van der Waals surface area contributed by atoms with Gasteiger partial charge in [0.2, 0.25) is 0 Å². The van der Waals surface area contributed by atoms with Gasteiger partial charge in [0, 0.05) is 16.5 Å². The summed E-state index contributed by atoms with van der Waals surface area (Å²) < 4.78 is 26.6. The summed E-state index contributed by atoms with van der Waals surface area (Å²) >= 11 is 1.48. The lowest BCUT2D eigenvalue weighted by Crippen LogP contribution is -2.31. The van der Waals surface area contributed by atoms with Crippen molar-refractivity contribution >= 4 is 22.5 Å². The van der Waals surface area contributed by atoms with E-state index in [-0.39, 0.29) is 5.56 Å². The number of rotatable bonds is 3. The standard InChI is InChI=1S/C16H17F2N3OS/c1-9(11-7-6-10(17)8-12(11)18)19-15(22)21-16-20-13-4-2-3-5-14(13)23-16/h6-9H,2-5H2,1H3,(H2,19,20,21,22). The number of amides is 2. The second-order valence-electron chi connectivity index (χ2n) is 5.58. The van der Waals surface area contributed by atoms with Crippen LogP contribution in [-0.2, 0) is 12.8 Å². The van der Waals surface area contributed by atoms with Gasteiger partial charge in [-0.3, -0.25) is 5.32 Å². The molecule has 0 aliphatic heterocycles. The summed E-state index contributed by atoms with van der Waals surface area (Å²) in [6, 6.07) is 2.28. The molecule has 4 nitrogen and oxygen atoms in total. The van der Waals surface area contributed by atoms with Crippen molar-refractivity contribution < 1.29 is 13.6 Å². The molecule has 1 aromatic heterocycles. The van der Waals surface area contributed by atoms with E-state index in [4.69, 9.17) is 0 Å². The Morgan fingerprint density at radius 3 is 2.83 bits per heavy atom. The fourth-order valence-electron chi connectivity index (χ4n) is 2.67. The maximum atomic E-state index is 13.7. The van der Waals surface area contributed by atoms with Gasteiger partial charge in [-0.05, 0) is 38.7 Å². The van der Waals surface area contributed by atoms with E-state index in [2.05, 4.69) is 15.6 Å². The van der Waals surface area contributed by atoms with Crippen LogP contribution < -0.4 is 10.6 Å². The second-order valence-corrected chi connectivity index (χ2v) is 6.67. The monoisotopic (exact) mass is 337 g/mol. The average Bonchev–Trinajstić information content (AvgIpc) is 2.88. The molecule has 1 aromatic carbocycles. The predicted octanol–water partition coefficient (Wildman–Crippen LogP) is 4.18. The van der Waals surface area contributed by atoms with Crippen molar-refractivity contribution in [3.63, 3.8) is 0 Å². The van der Waals surface area contributed by atoms with E-state index >= 15 is 0 Å². The first kappa shape index (κ1) is 15.9. The van der Waals surface area contributed by atoms with E-state index in [9.17, 15) is 13.6 Å². The van der Waals surface area contributed by atoms with E-state index in [1.54, 1.807) is 6.92 Å². The maximum absolute atomic E-state index is 13.7. The van der Waals surface area contributed by atoms with E-state index in [1.165, 1.54) is 28.3 Å². The van der Waals surface area contributed by atoms with E-state index in [0.29, 0.717) is 5.13 Å². The zero-order valence-electron chi connectivity index (χ0n) is 12.7. The molecule has 23 heavy (non-hydrogen) atoms. The molecule has 1 aliphatic rings. The zero-order valence-corrected chi connectivity index (χ0v) is 13.5. The molecule has 0 radical (unpaired) electrons. The van der Waals surface area contributed by atoms with Gasteiger partial charge in [-0.2, -0.15) is 0 Å². The Morgan fingerprint density at radius 2 is 2.09 bits per heavy atom. The lowest BCUT2D eigenvalue weighted by molar-refractivity contribution is 0.249. The number of hydrogen-bond acceptors (Lipinski definition) is 3. The Morgan fingerprint density at radius 1 is 1.30 bits per heavy atom. The number of carbonyl (C=O) groups excluding carboxylic acids is 1. The maximum Gasteiger partial charge on any atom is 0.321 e. The number of thiazole rings is 1. The molecule has 122 valence electrons. The number of fused-ring (bicyclic) bond motifs is 1. The Hall–Kier alpha value is -2.02. The van der Waals surface area contributed by atoms with Gasteiger partial charge < -0.3 is 5.32 Å². The molecule has 0 saturated carbocycles. The summed E-state index contributed by atoms with van der Waals surface area (Å²) in [5, 5.41) is 5.89. The lowest BCUT2D eigenvalue weighted by Gasteiger charge is -2.15. The minimum atomic E-state index is -0.678. The number of aryl methyl sites for hydroxylation is 2. The number of nitrogens with one attached hydrogen (secondary N) is 2. The number of nitrogens with zero attached hydrogens (tertiary/aromatic N) is 1. The first-order valence-corrected chi connectivity index (χ1v) is 8.35. The van der Waals surface area contributed by atoms with Crippen LogP contribution in [-0.4, -0.2) is 11.0 Å². The number of urea groups is 1.